The van der Waals surface area contributed by atoms with E-state index in [1.807, 2.05) is 12.3 Å². The van der Waals surface area contributed by atoms with Crippen molar-refractivity contribution in [1.82, 2.24) is 19.5 Å². The Morgan fingerprint density at radius 1 is 1.24 bits per heavy atom. The van der Waals surface area contributed by atoms with Gasteiger partial charge in [0.2, 0.25) is 0 Å². The molecule has 3 fully saturated rings. The normalized spacial score (nSPS) is 26.5. The van der Waals surface area contributed by atoms with Gasteiger partial charge in [0.1, 0.15) is 17.3 Å². The second-order valence-electron chi connectivity index (χ2n) is 9.16. The summed E-state index contributed by atoms with van der Waals surface area (Å²) >= 11 is 6.55. The molecule has 2 amide bonds. The number of rotatable bonds is 3. The van der Waals surface area contributed by atoms with Crippen LogP contribution < -0.4 is 10.2 Å². The topological polar surface area (TPSA) is 86.0 Å². The Morgan fingerprint density at radius 2 is 2.12 bits per heavy atom. The van der Waals surface area contributed by atoms with E-state index in [4.69, 9.17) is 16.6 Å². The average molecular weight is 471 g/mol. The summed E-state index contributed by atoms with van der Waals surface area (Å²) in [6.45, 7) is 1.62. The minimum atomic E-state index is -0.485. The molecule has 172 valence electrons. The molecule has 4 heterocycles. The molecule has 0 unspecified atom stereocenters. The van der Waals surface area contributed by atoms with Crippen LogP contribution in [0.15, 0.2) is 36.7 Å². The third-order valence-electron chi connectivity index (χ3n) is 7.45. The molecule has 0 bridgehead atoms. The van der Waals surface area contributed by atoms with E-state index >= 15 is 0 Å². The van der Waals surface area contributed by atoms with Crippen molar-refractivity contribution in [3.8, 4) is 0 Å². The second-order valence-corrected chi connectivity index (χ2v) is 9.56. The molecule has 2 saturated heterocycles. The number of benzene rings is 1. The molecule has 0 radical (unpaired) electrons. The van der Waals surface area contributed by atoms with E-state index in [-0.39, 0.29) is 17.4 Å². The van der Waals surface area contributed by atoms with Crippen molar-refractivity contribution in [3.63, 3.8) is 0 Å². The number of anilines is 2. The Kier molecular flexibility index (Phi) is 4.74. The molecule has 2 N–H and O–H groups in total. The summed E-state index contributed by atoms with van der Waals surface area (Å²) in [7, 11) is 0. The summed E-state index contributed by atoms with van der Waals surface area (Å²) in [6.07, 6.45) is 6.42. The summed E-state index contributed by atoms with van der Waals surface area (Å²) < 4.78 is 15.8. The lowest BCUT2D eigenvalue weighted by atomic mass is 9.63. The zero-order valence-corrected chi connectivity index (χ0v) is 18.7. The first kappa shape index (κ1) is 20.7. The molecule has 3 atom stereocenters. The highest BCUT2D eigenvalue weighted by molar-refractivity contribution is 6.31. The van der Waals surface area contributed by atoms with Gasteiger partial charge in [0.25, 0.3) is 0 Å². The van der Waals surface area contributed by atoms with E-state index in [1.54, 1.807) is 27.7 Å². The molecule has 1 saturated carbocycles. The standard InChI is InChI=1S/C23H24ClFN6O2/c24-18-2-1-15(25)11-17(18)23-7-3-14(23)4-9-30(23)20-6-10-31-21(28-20)19(12-26-31)27-22(33)29-8-5-16(32)13-29/h1-2,6,10-12,14,16,32H,3-5,7-9,13H2,(H,27,33)/t14-,16+,23-/m1/s1. The van der Waals surface area contributed by atoms with E-state index in [0.717, 1.165) is 37.2 Å². The number of aromatic nitrogens is 3. The van der Waals surface area contributed by atoms with Gasteiger partial charge < -0.3 is 20.2 Å². The Bertz CT molecular complexity index is 1250. The zero-order chi connectivity index (χ0) is 22.7. The third kappa shape index (κ3) is 3.17. The number of fused-ring (bicyclic) bond motifs is 2. The van der Waals surface area contributed by atoms with Crippen molar-refractivity contribution in [2.75, 3.05) is 29.9 Å². The van der Waals surface area contributed by atoms with Gasteiger partial charge in [-0.05, 0) is 61.4 Å². The van der Waals surface area contributed by atoms with Crippen LogP contribution in [0.2, 0.25) is 5.02 Å². The molecular formula is C23H24ClFN6O2. The number of carbonyl (C=O) groups is 1. The number of halogens is 2. The molecule has 2 aliphatic heterocycles. The Labute approximate surface area is 195 Å². The van der Waals surface area contributed by atoms with Gasteiger partial charge in [-0.25, -0.2) is 18.7 Å². The van der Waals surface area contributed by atoms with E-state index in [2.05, 4.69) is 15.3 Å². The van der Waals surface area contributed by atoms with Crippen LogP contribution in [0.1, 0.15) is 31.2 Å². The van der Waals surface area contributed by atoms with Crippen LogP contribution in [-0.2, 0) is 5.54 Å². The van der Waals surface area contributed by atoms with Crippen LogP contribution >= 0.6 is 11.6 Å². The molecule has 10 heteroatoms. The molecule has 1 aliphatic carbocycles. The predicted octanol–water partition coefficient (Wildman–Crippen LogP) is 3.64. The van der Waals surface area contributed by atoms with Gasteiger partial charge in [0.05, 0.1) is 17.8 Å². The summed E-state index contributed by atoms with van der Waals surface area (Å²) in [6, 6.07) is 6.19. The third-order valence-corrected chi connectivity index (χ3v) is 7.78. The van der Waals surface area contributed by atoms with Crippen LogP contribution in [0.3, 0.4) is 0 Å². The number of aliphatic hydroxyl groups excluding tert-OH is 1. The first-order valence-electron chi connectivity index (χ1n) is 11.3. The van der Waals surface area contributed by atoms with Crippen molar-refractivity contribution in [2.45, 2.75) is 37.3 Å². The van der Waals surface area contributed by atoms with Gasteiger partial charge in [-0.3, -0.25) is 0 Å². The highest BCUT2D eigenvalue weighted by Gasteiger charge is 2.57. The largest absolute Gasteiger partial charge is 0.391 e. The van der Waals surface area contributed by atoms with Gasteiger partial charge in [0.15, 0.2) is 5.65 Å². The highest BCUT2D eigenvalue weighted by Crippen LogP contribution is 2.59. The molecule has 6 rings (SSSR count). The van der Waals surface area contributed by atoms with E-state index in [1.165, 1.54) is 6.07 Å². The fourth-order valence-corrected chi connectivity index (χ4v) is 5.99. The summed E-state index contributed by atoms with van der Waals surface area (Å²) in [5.41, 5.74) is 1.48. The lowest BCUT2D eigenvalue weighted by molar-refractivity contribution is 0.160. The van der Waals surface area contributed by atoms with Crippen LogP contribution in [0, 0.1) is 11.7 Å². The Morgan fingerprint density at radius 3 is 2.88 bits per heavy atom. The molecule has 1 aromatic carbocycles. The first-order valence-corrected chi connectivity index (χ1v) is 11.6. The van der Waals surface area contributed by atoms with E-state index in [0.29, 0.717) is 41.8 Å². The highest BCUT2D eigenvalue weighted by atomic mass is 35.5. The van der Waals surface area contributed by atoms with Gasteiger partial charge in [0, 0.05) is 30.9 Å². The number of amides is 2. The fraction of sp³-hybridized carbons (Fsp3) is 0.435. The second kappa shape index (κ2) is 7.56. The smallest absolute Gasteiger partial charge is 0.322 e. The first-order chi connectivity index (χ1) is 16.0. The number of hydrogen-bond acceptors (Lipinski definition) is 5. The maximum Gasteiger partial charge on any atom is 0.322 e. The molecular weight excluding hydrogens is 447 g/mol. The van der Waals surface area contributed by atoms with Crippen LogP contribution in [-0.4, -0.2) is 56.4 Å². The maximum atomic E-state index is 14.2. The number of β-amino-alcohol motifs (C(OH)–C–C–N with tert-alkyl or cyclic N) is 1. The monoisotopic (exact) mass is 470 g/mol. The molecule has 2 aromatic heterocycles. The van der Waals surface area contributed by atoms with Crippen molar-refractivity contribution in [3.05, 3.63) is 53.1 Å². The minimum Gasteiger partial charge on any atom is -0.391 e. The van der Waals surface area contributed by atoms with E-state index < -0.39 is 6.10 Å². The SMILES string of the molecule is O=C(Nc1cnn2ccc(N3CC[C@H]4CC[C@]43c3cc(F)ccc3Cl)nc12)N1CC[C@H](O)C1. The van der Waals surface area contributed by atoms with E-state index in [9.17, 15) is 14.3 Å². The van der Waals surface area contributed by atoms with Gasteiger partial charge in [-0.15, -0.1) is 0 Å². The summed E-state index contributed by atoms with van der Waals surface area (Å²) in [4.78, 5) is 21.3. The molecule has 0 spiro atoms. The van der Waals surface area contributed by atoms with Crippen molar-refractivity contribution in [2.24, 2.45) is 5.92 Å². The van der Waals surface area contributed by atoms with Gasteiger partial charge in [-0.2, -0.15) is 5.10 Å². The number of likely N-dealkylation sites (tertiary alicyclic amines) is 1. The summed E-state index contributed by atoms with van der Waals surface area (Å²) in [5, 5.41) is 17.5. The predicted molar refractivity (Wildman–Crippen MR) is 122 cm³/mol. The molecule has 3 aliphatic rings. The van der Waals surface area contributed by atoms with Gasteiger partial charge in [-0.1, -0.05) is 11.6 Å². The Balaban J connectivity index is 1.35. The van der Waals surface area contributed by atoms with Gasteiger partial charge >= 0.3 is 6.03 Å². The number of hydrogen-bond donors (Lipinski definition) is 2. The number of aliphatic hydroxyl groups is 1. The lowest BCUT2D eigenvalue weighted by Crippen LogP contribution is -2.52. The fourth-order valence-electron chi connectivity index (χ4n) is 5.71. The maximum absolute atomic E-state index is 14.2. The van der Waals surface area contributed by atoms with Crippen molar-refractivity contribution >= 4 is 34.8 Å². The number of carbonyl (C=O) groups excluding carboxylic acids is 1. The lowest BCUT2D eigenvalue weighted by Gasteiger charge is -2.51. The zero-order valence-electron chi connectivity index (χ0n) is 17.9. The quantitative estimate of drug-likeness (QED) is 0.610. The average Bonchev–Trinajstić information content (AvgIpc) is 3.46. The van der Waals surface area contributed by atoms with Crippen molar-refractivity contribution < 1.29 is 14.3 Å². The summed E-state index contributed by atoms with van der Waals surface area (Å²) in [5.74, 6) is 0.843. The van der Waals surface area contributed by atoms with Crippen LogP contribution in [0.5, 0.6) is 0 Å². The van der Waals surface area contributed by atoms with Crippen molar-refractivity contribution in [1.29, 1.82) is 0 Å². The minimum absolute atomic E-state index is 0.281. The van der Waals surface area contributed by atoms with Crippen LogP contribution in [0.25, 0.3) is 5.65 Å². The number of urea groups is 1. The Hall–Kier alpha value is -2.91. The number of nitrogens with one attached hydrogen (secondary N) is 1. The number of nitrogens with zero attached hydrogens (tertiary/aromatic N) is 5. The van der Waals surface area contributed by atoms with Crippen LogP contribution in [0.4, 0.5) is 20.7 Å². The molecule has 3 aromatic rings. The molecule has 33 heavy (non-hydrogen) atoms. The molecule has 8 nitrogen and oxygen atoms in total.